The van der Waals surface area contributed by atoms with Crippen LogP contribution in [-0.2, 0) is 14.8 Å². The van der Waals surface area contributed by atoms with Crippen molar-refractivity contribution in [3.8, 4) is 0 Å². The quantitative estimate of drug-likeness (QED) is 0.764. The molecule has 1 amide bonds. The van der Waals surface area contributed by atoms with Crippen LogP contribution in [0.3, 0.4) is 0 Å². The van der Waals surface area contributed by atoms with Gasteiger partial charge in [-0.1, -0.05) is 24.6 Å². The number of piperidine rings is 2. The van der Waals surface area contributed by atoms with E-state index in [1.807, 2.05) is 10.3 Å². The van der Waals surface area contributed by atoms with E-state index >= 15 is 0 Å². The number of thiazole rings is 1. The van der Waals surface area contributed by atoms with Gasteiger partial charge in [-0.25, -0.2) is 13.4 Å². The van der Waals surface area contributed by atoms with E-state index in [0.717, 1.165) is 30.7 Å². The van der Waals surface area contributed by atoms with Crippen molar-refractivity contribution in [2.75, 3.05) is 19.6 Å². The summed E-state index contributed by atoms with van der Waals surface area (Å²) in [5.41, 5.74) is 0. The Labute approximate surface area is 170 Å². The van der Waals surface area contributed by atoms with Crippen molar-refractivity contribution < 1.29 is 13.2 Å². The summed E-state index contributed by atoms with van der Waals surface area (Å²) in [4.78, 5) is 19.9. The minimum atomic E-state index is -3.68. The molecule has 2 unspecified atom stereocenters. The van der Waals surface area contributed by atoms with Crippen LogP contribution in [-0.4, -0.2) is 54.2 Å². The molecule has 0 N–H and O–H groups in total. The molecule has 2 aliphatic heterocycles. The van der Waals surface area contributed by atoms with Crippen LogP contribution in [0.5, 0.6) is 0 Å². The summed E-state index contributed by atoms with van der Waals surface area (Å²) in [6, 6.07) is 7.84. The van der Waals surface area contributed by atoms with Gasteiger partial charge in [-0.15, -0.1) is 11.3 Å². The average molecular weight is 420 g/mol. The number of nitrogens with zero attached hydrogens (tertiary/aromatic N) is 3. The van der Waals surface area contributed by atoms with E-state index in [1.165, 1.54) is 4.31 Å². The number of hydrogen-bond donors (Lipinski definition) is 0. The number of amides is 1. The predicted octanol–water partition coefficient (Wildman–Crippen LogP) is 3.09. The van der Waals surface area contributed by atoms with Crippen molar-refractivity contribution in [3.05, 3.63) is 46.9 Å². The molecule has 6 nitrogen and oxygen atoms in total. The lowest BCUT2D eigenvalue weighted by molar-refractivity contribution is -0.137. The average Bonchev–Trinajstić information content (AvgIpc) is 3.29. The summed E-state index contributed by atoms with van der Waals surface area (Å²) in [5, 5.41) is 3.03. The third-order valence-corrected chi connectivity index (χ3v) is 8.48. The maximum atomic E-state index is 13.4. The molecule has 0 radical (unpaired) electrons. The van der Waals surface area contributed by atoms with Gasteiger partial charge >= 0.3 is 0 Å². The number of benzene rings is 1. The fourth-order valence-electron chi connectivity index (χ4n) is 4.19. The smallest absolute Gasteiger partial charge is 0.243 e. The molecular formula is C20H25N3O3S2. The van der Waals surface area contributed by atoms with Gasteiger partial charge in [-0.2, -0.15) is 4.31 Å². The van der Waals surface area contributed by atoms with Gasteiger partial charge in [0.05, 0.1) is 9.90 Å². The number of hydrogen-bond acceptors (Lipinski definition) is 5. The third-order valence-electron chi connectivity index (χ3n) is 5.62. The number of sulfonamides is 1. The lowest BCUT2D eigenvalue weighted by Crippen LogP contribution is -2.54. The highest BCUT2D eigenvalue weighted by atomic mass is 32.2. The second kappa shape index (κ2) is 8.31. The maximum Gasteiger partial charge on any atom is 0.243 e. The van der Waals surface area contributed by atoms with Crippen LogP contribution in [0.1, 0.15) is 43.0 Å². The number of rotatable bonds is 4. The molecule has 0 aliphatic carbocycles. The summed E-state index contributed by atoms with van der Waals surface area (Å²) in [7, 11) is -3.68. The Balaban J connectivity index is 1.55. The number of likely N-dealkylation sites (tertiary alicyclic amines) is 1. The van der Waals surface area contributed by atoms with Gasteiger partial charge in [0.15, 0.2) is 0 Å². The van der Waals surface area contributed by atoms with Crippen LogP contribution in [0, 0.1) is 0 Å². The number of aromatic nitrogens is 1. The fourth-order valence-corrected chi connectivity index (χ4v) is 6.63. The minimum Gasteiger partial charge on any atom is -0.341 e. The third kappa shape index (κ3) is 3.86. The summed E-state index contributed by atoms with van der Waals surface area (Å²) in [5.74, 6) is 0.195. The molecule has 8 heteroatoms. The number of carbonyl (C=O) groups is 1. The van der Waals surface area contributed by atoms with Gasteiger partial charge in [0, 0.05) is 37.1 Å². The summed E-state index contributed by atoms with van der Waals surface area (Å²) in [6.07, 6.45) is 6.00. The van der Waals surface area contributed by atoms with Crippen molar-refractivity contribution >= 4 is 27.3 Å². The van der Waals surface area contributed by atoms with Gasteiger partial charge in [0.2, 0.25) is 15.9 Å². The zero-order valence-electron chi connectivity index (χ0n) is 15.7. The topological polar surface area (TPSA) is 70.6 Å². The molecule has 150 valence electrons. The molecule has 0 bridgehead atoms. The molecule has 0 saturated carbocycles. The van der Waals surface area contributed by atoms with E-state index in [9.17, 15) is 13.2 Å². The molecule has 2 saturated heterocycles. The molecule has 28 heavy (non-hydrogen) atoms. The van der Waals surface area contributed by atoms with Crippen LogP contribution in [0.25, 0.3) is 0 Å². The second-order valence-corrected chi connectivity index (χ2v) is 10.3. The summed E-state index contributed by atoms with van der Waals surface area (Å²) >= 11 is 1.63. The molecule has 1 aromatic carbocycles. The summed E-state index contributed by atoms with van der Waals surface area (Å²) in [6.45, 7) is 1.72. The first kappa shape index (κ1) is 19.5. The second-order valence-electron chi connectivity index (χ2n) is 7.43. The molecule has 0 spiro atoms. The van der Waals surface area contributed by atoms with Gasteiger partial charge in [0.25, 0.3) is 0 Å². The molecule has 1 aromatic heterocycles. The number of carbonyl (C=O) groups excluding carboxylic acids is 1. The zero-order chi connectivity index (χ0) is 19.6. The lowest BCUT2D eigenvalue weighted by atomic mass is 9.96. The predicted molar refractivity (Wildman–Crippen MR) is 109 cm³/mol. The van der Waals surface area contributed by atoms with Crippen LogP contribution in [0.15, 0.2) is 46.8 Å². The Morgan fingerprint density at radius 1 is 1.07 bits per heavy atom. The largest absolute Gasteiger partial charge is 0.341 e. The zero-order valence-corrected chi connectivity index (χ0v) is 17.4. The lowest BCUT2D eigenvalue weighted by Gasteiger charge is -2.39. The van der Waals surface area contributed by atoms with Crippen LogP contribution < -0.4 is 0 Å². The molecule has 2 fully saturated rings. The van der Waals surface area contributed by atoms with Crippen molar-refractivity contribution in [2.24, 2.45) is 0 Å². The first-order valence-electron chi connectivity index (χ1n) is 9.82. The SMILES string of the molecule is O=C(C1CCCCN1S(=O)(=O)c1ccccc1)N1CCCC(c2nccs2)C1. The normalized spacial score (nSPS) is 24.2. The van der Waals surface area contributed by atoms with Crippen LogP contribution in [0.2, 0.25) is 0 Å². The van der Waals surface area contributed by atoms with Gasteiger partial charge in [-0.3, -0.25) is 4.79 Å². The Hall–Kier alpha value is -1.77. The highest BCUT2D eigenvalue weighted by Crippen LogP contribution is 2.31. The van der Waals surface area contributed by atoms with E-state index in [2.05, 4.69) is 4.98 Å². The van der Waals surface area contributed by atoms with E-state index in [0.29, 0.717) is 26.1 Å². The highest BCUT2D eigenvalue weighted by Gasteiger charge is 2.40. The minimum absolute atomic E-state index is 0.0551. The molecule has 2 aromatic rings. The first-order valence-corrected chi connectivity index (χ1v) is 12.1. The van der Waals surface area contributed by atoms with Crippen LogP contribution in [0.4, 0.5) is 0 Å². The van der Waals surface area contributed by atoms with Crippen molar-refractivity contribution in [2.45, 2.75) is 49.0 Å². The maximum absolute atomic E-state index is 13.4. The van der Waals surface area contributed by atoms with Gasteiger partial charge in [0.1, 0.15) is 6.04 Å². The van der Waals surface area contributed by atoms with E-state index < -0.39 is 16.1 Å². The van der Waals surface area contributed by atoms with E-state index in [1.54, 1.807) is 47.9 Å². The standard InChI is InChI=1S/C20H25N3O3S2/c24-20(22-12-6-7-16(15-22)19-21-11-14-27-19)18-10-4-5-13-23(18)28(25,26)17-8-2-1-3-9-17/h1-3,8-9,11,14,16,18H,4-7,10,12-13,15H2. The Morgan fingerprint density at radius 2 is 1.89 bits per heavy atom. The van der Waals surface area contributed by atoms with Crippen molar-refractivity contribution in [3.63, 3.8) is 0 Å². The monoisotopic (exact) mass is 419 g/mol. The molecule has 2 aliphatic rings. The Morgan fingerprint density at radius 3 is 2.64 bits per heavy atom. The summed E-state index contributed by atoms with van der Waals surface area (Å²) < 4.78 is 27.8. The highest BCUT2D eigenvalue weighted by molar-refractivity contribution is 7.89. The van der Waals surface area contributed by atoms with E-state index in [4.69, 9.17) is 0 Å². The Bertz CT molecular complexity index is 900. The molecule has 2 atom stereocenters. The fraction of sp³-hybridized carbons (Fsp3) is 0.500. The van der Waals surface area contributed by atoms with Crippen LogP contribution >= 0.6 is 11.3 Å². The van der Waals surface area contributed by atoms with Crippen molar-refractivity contribution in [1.82, 2.24) is 14.2 Å². The first-order chi connectivity index (χ1) is 13.6. The van der Waals surface area contributed by atoms with E-state index in [-0.39, 0.29) is 16.7 Å². The Kier molecular flexibility index (Phi) is 5.80. The molecule has 3 heterocycles. The van der Waals surface area contributed by atoms with Gasteiger partial charge < -0.3 is 4.90 Å². The van der Waals surface area contributed by atoms with Crippen molar-refractivity contribution in [1.29, 1.82) is 0 Å². The molecule has 4 rings (SSSR count). The van der Waals surface area contributed by atoms with Gasteiger partial charge in [-0.05, 0) is 37.8 Å². The molecular weight excluding hydrogens is 394 g/mol.